The van der Waals surface area contributed by atoms with Crippen molar-refractivity contribution in [1.29, 1.82) is 5.26 Å². The Morgan fingerprint density at radius 3 is 2.57 bits per heavy atom. The van der Waals surface area contributed by atoms with Gasteiger partial charge in [0, 0.05) is 12.1 Å². The number of anilines is 1. The summed E-state index contributed by atoms with van der Waals surface area (Å²) in [5.74, 6) is 0.731. The average molecular weight is 280 g/mol. The number of para-hydroxylation sites is 1. The molecule has 4 nitrogen and oxygen atoms in total. The number of ether oxygens (including phenoxy) is 1. The van der Waals surface area contributed by atoms with Crippen LogP contribution in [-0.4, -0.2) is 13.0 Å². The molecule has 106 valence electrons. The molecule has 0 spiro atoms. The number of hydrogen-bond acceptors (Lipinski definition) is 3. The Kier molecular flexibility index (Phi) is 4.94. The molecule has 0 aliphatic carbocycles. The first-order chi connectivity index (χ1) is 10.2. The molecule has 0 bridgehead atoms. The van der Waals surface area contributed by atoms with E-state index in [1.807, 2.05) is 30.3 Å². The van der Waals surface area contributed by atoms with Gasteiger partial charge in [-0.15, -0.1) is 0 Å². The minimum Gasteiger partial charge on any atom is -0.496 e. The van der Waals surface area contributed by atoms with Crippen molar-refractivity contribution in [1.82, 2.24) is 0 Å². The van der Waals surface area contributed by atoms with Crippen molar-refractivity contribution in [2.45, 2.75) is 12.8 Å². The number of methoxy groups -OCH3 is 1. The lowest BCUT2D eigenvalue weighted by Gasteiger charge is -2.08. The van der Waals surface area contributed by atoms with E-state index in [2.05, 4.69) is 5.32 Å². The number of nitrogens with one attached hydrogen (secondary N) is 1. The third-order valence-electron chi connectivity index (χ3n) is 3.11. The maximum atomic E-state index is 11.9. The fourth-order valence-electron chi connectivity index (χ4n) is 2.01. The molecule has 0 unspecified atom stereocenters. The zero-order valence-corrected chi connectivity index (χ0v) is 11.8. The zero-order valence-electron chi connectivity index (χ0n) is 11.8. The molecule has 2 aromatic rings. The molecule has 0 aromatic heterocycles. The second-order valence-corrected chi connectivity index (χ2v) is 4.55. The summed E-state index contributed by atoms with van der Waals surface area (Å²) in [6, 6.07) is 16.5. The van der Waals surface area contributed by atoms with E-state index in [9.17, 15) is 4.79 Å². The van der Waals surface area contributed by atoms with E-state index in [0.29, 0.717) is 24.1 Å². The average Bonchev–Trinajstić information content (AvgIpc) is 2.54. The maximum absolute atomic E-state index is 11.9. The van der Waals surface area contributed by atoms with Gasteiger partial charge in [0.25, 0.3) is 0 Å². The van der Waals surface area contributed by atoms with Crippen LogP contribution in [0.25, 0.3) is 0 Å². The van der Waals surface area contributed by atoms with Crippen LogP contribution in [0, 0.1) is 11.3 Å². The van der Waals surface area contributed by atoms with Gasteiger partial charge >= 0.3 is 0 Å². The summed E-state index contributed by atoms with van der Waals surface area (Å²) < 4.78 is 5.26. The van der Waals surface area contributed by atoms with Crippen molar-refractivity contribution in [3.63, 3.8) is 0 Å². The van der Waals surface area contributed by atoms with Crippen LogP contribution in [0.5, 0.6) is 5.75 Å². The van der Waals surface area contributed by atoms with Crippen LogP contribution < -0.4 is 10.1 Å². The summed E-state index contributed by atoms with van der Waals surface area (Å²) in [7, 11) is 1.62. The third kappa shape index (κ3) is 4.08. The summed E-state index contributed by atoms with van der Waals surface area (Å²) in [5, 5.41) is 11.5. The zero-order chi connectivity index (χ0) is 15.1. The van der Waals surface area contributed by atoms with E-state index in [1.165, 1.54) is 0 Å². The van der Waals surface area contributed by atoms with Gasteiger partial charge in [0.05, 0.1) is 18.7 Å². The second-order valence-electron chi connectivity index (χ2n) is 4.55. The molecule has 0 aliphatic heterocycles. The van der Waals surface area contributed by atoms with E-state index in [-0.39, 0.29) is 5.91 Å². The molecular formula is C17H16N2O2. The minimum absolute atomic E-state index is 0.0642. The van der Waals surface area contributed by atoms with E-state index in [1.54, 1.807) is 31.4 Å². The second kappa shape index (κ2) is 7.11. The Balaban J connectivity index is 1.91. The number of aryl methyl sites for hydroxylation is 1. The number of nitrogens with zero attached hydrogens (tertiary/aromatic N) is 1. The molecule has 0 radical (unpaired) electrons. The fourth-order valence-corrected chi connectivity index (χ4v) is 2.01. The molecule has 2 aromatic carbocycles. The summed E-state index contributed by atoms with van der Waals surface area (Å²) in [4.78, 5) is 11.9. The normalized spacial score (nSPS) is 9.71. The van der Waals surface area contributed by atoms with Crippen molar-refractivity contribution < 1.29 is 9.53 Å². The lowest BCUT2D eigenvalue weighted by atomic mass is 10.1. The molecule has 0 saturated carbocycles. The Hall–Kier alpha value is -2.80. The topological polar surface area (TPSA) is 62.1 Å². The lowest BCUT2D eigenvalue weighted by Crippen LogP contribution is -2.12. The molecule has 2 rings (SSSR count). The van der Waals surface area contributed by atoms with E-state index in [4.69, 9.17) is 10.00 Å². The van der Waals surface area contributed by atoms with Crippen LogP contribution in [0.15, 0.2) is 48.5 Å². The van der Waals surface area contributed by atoms with Gasteiger partial charge in [-0.2, -0.15) is 5.26 Å². The first-order valence-electron chi connectivity index (χ1n) is 6.65. The van der Waals surface area contributed by atoms with Gasteiger partial charge in [-0.05, 0) is 42.3 Å². The summed E-state index contributed by atoms with van der Waals surface area (Å²) in [6.45, 7) is 0. The van der Waals surface area contributed by atoms with Crippen LogP contribution in [0.2, 0.25) is 0 Å². The Morgan fingerprint density at radius 2 is 1.90 bits per heavy atom. The third-order valence-corrected chi connectivity index (χ3v) is 3.11. The number of carbonyl (C=O) groups is 1. The molecular weight excluding hydrogens is 264 g/mol. The quantitative estimate of drug-likeness (QED) is 0.915. The summed E-state index contributed by atoms with van der Waals surface area (Å²) in [5.41, 5.74) is 2.27. The largest absolute Gasteiger partial charge is 0.496 e. The minimum atomic E-state index is -0.0642. The Bertz CT molecular complexity index is 657. The number of hydrogen-bond donors (Lipinski definition) is 1. The van der Waals surface area contributed by atoms with Gasteiger partial charge in [0.1, 0.15) is 5.75 Å². The van der Waals surface area contributed by atoms with Gasteiger partial charge in [-0.3, -0.25) is 4.79 Å². The predicted molar refractivity (Wildman–Crippen MR) is 81.1 cm³/mol. The lowest BCUT2D eigenvalue weighted by molar-refractivity contribution is -0.116. The van der Waals surface area contributed by atoms with E-state index >= 15 is 0 Å². The fraction of sp³-hybridized carbons (Fsp3) is 0.176. The van der Waals surface area contributed by atoms with Crippen molar-refractivity contribution in [2.24, 2.45) is 0 Å². The van der Waals surface area contributed by atoms with Gasteiger partial charge < -0.3 is 10.1 Å². The molecule has 4 heteroatoms. The molecule has 21 heavy (non-hydrogen) atoms. The van der Waals surface area contributed by atoms with Gasteiger partial charge in [0.15, 0.2) is 0 Å². The van der Waals surface area contributed by atoms with Crippen LogP contribution in [-0.2, 0) is 11.2 Å². The predicted octanol–water partition coefficient (Wildman–Crippen LogP) is 3.14. The first kappa shape index (κ1) is 14.6. The van der Waals surface area contributed by atoms with Crippen molar-refractivity contribution >= 4 is 11.6 Å². The molecule has 0 atom stereocenters. The molecule has 0 fully saturated rings. The number of amides is 1. The molecule has 0 saturated heterocycles. The summed E-state index contributed by atoms with van der Waals surface area (Å²) in [6.07, 6.45) is 0.993. The van der Waals surface area contributed by atoms with Crippen molar-refractivity contribution in [2.75, 3.05) is 12.4 Å². The van der Waals surface area contributed by atoms with Crippen LogP contribution in [0.1, 0.15) is 17.5 Å². The summed E-state index contributed by atoms with van der Waals surface area (Å²) >= 11 is 0. The maximum Gasteiger partial charge on any atom is 0.224 e. The first-order valence-corrected chi connectivity index (χ1v) is 6.65. The van der Waals surface area contributed by atoms with Crippen molar-refractivity contribution in [3.05, 3.63) is 59.7 Å². The Labute approximate surface area is 124 Å². The highest BCUT2D eigenvalue weighted by atomic mass is 16.5. The highest BCUT2D eigenvalue weighted by Gasteiger charge is 2.06. The smallest absolute Gasteiger partial charge is 0.224 e. The number of nitriles is 1. The van der Waals surface area contributed by atoms with Crippen LogP contribution in [0.4, 0.5) is 5.69 Å². The van der Waals surface area contributed by atoms with E-state index < -0.39 is 0 Å². The standard InChI is InChI=1S/C17H16N2O2/c1-21-16-5-3-2-4-14(16)8-11-17(20)19-15-9-6-13(12-18)7-10-15/h2-7,9-10H,8,11H2,1H3,(H,19,20). The van der Waals surface area contributed by atoms with Crippen molar-refractivity contribution in [3.8, 4) is 11.8 Å². The molecule has 1 amide bonds. The van der Waals surface area contributed by atoms with Crippen LogP contribution >= 0.6 is 0 Å². The Morgan fingerprint density at radius 1 is 1.19 bits per heavy atom. The highest BCUT2D eigenvalue weighted by Crippen LogP contribution is 2.19. The van der Waals surface area contributed by atoms with E-state index in [0.717, 1.165) is 11.3 Å². The molecule has 0 aliphatic rings. The van der Waals surface area contributed by atoms with Gasteiger partial charge in [0.2, 0.25) is 5.91 Å². The molecule has 1 N–H and O–H groups in total. The monoisotopic (exact) mass is 280 g/mol. The van der Waals surface area contributed by atoms with Gasteiger partial charge in [-0.25, -0.2) is 0 Å². The highest BCUT2D eigenvalue weighted by molar-refractivity contribution is 5.90. The molecule has 0 heterocycles. The van der Waals surface area contributed by atoms with Crippen LogP contribution in [0.3, 0.4) is 0 Å². The number of benzene rings is 2. The number of carbonyl (C=O) groups excluding carboxylic acids is 1. The SMILES string of the molecule is COc1ccccc1CCC(=O)Nc1ccc(C#N)cc1. The number of rotatable bonds is 5. The van der Waals surface area contributed by atoms with Gasteiger partial charge in [-0.1, -0.05) is 18.2 Å².